The van der Waals surface area contributed by atoms with Gasteiger partial charge in [0.1, 0.15) is 0 Å². The number of nitrogens with zero attached hydrogens (tertiary/aromatic N) is 1. The van der Waals surface area contributed by atoms with Crippen LogP contribution in [0.2, 0.25) is 0 Å². The summed E-state index contributed by atoms with van der Waals surface area (Å²) in [6.07, 6.45) is 2.88. The fourth-order valence-corrected chi connectivity index (χ4v) is 1.03. The Morgan fingerprint density at radius 1 is 1.67 bits per heavy atom. The van der Waals surface area contributed by atoms with Crippen molar-refractivity contribution in [2.45, 2.75) is 13.0 Å². The highest BCUT2D eigenvalue weighted by molar-refractivity contribution is 5.16. The number of H-pyrrole nitrogens is 1. The molecule has 1 aromatic rings. The van der Waals surface area contributed by atoms with Crippen LogP contribution in [-0.2, 0) is 17.8 Å². The van der Waals surface area contributed by atoms with E-state index in [0.717, 1.165) is 18.7 Å². The van der Waals surface area contributed by atoms with Gasteiger partial charge in [-0.2, -0.15) is 5.10 Å². The fraction of sp³-hybridized carbons (Fsp3) is 0.500. The zero-order valence-corrected chi connectivity index (χ0v) is 5.05. The van der Waals surface area contributed by atoms with Gasteiger partial charge in [-0.05, 0) is 12.0 Å². The van der Waals surface area contributed by atoms with Gasteiger partial charge in [-0.1, -0.05) is 0 Å². The molecule has 0 fully saturated rings. The molecule has 1 aromatic heterocycles. The van der Waals surface area contributed by atoms with Gasteiger partial charge < -0.3 is 4.74 Å². The first-order chi connectivity index (χ1) is 4.47. The van der Waals surface area contributed by atoms with Crippen LogP contribution in [0, 0.1) is 0 Å². The Bertz CT molecular complexity index is 186. The van der Waals surface area contributed by atoms with Gasteiger partial charge in [0, 0.05) is 0 Å². The minimum absolute atomic E-state index is 0.704. The van der Waals surface area contributed by atoms with Gasteiger partial charge in [0.05, 0.1) is 25.1 Å². The molecule has 0 bridgehead atoms. The van der Waals surface area contributed by atoms with Crippen molar-refractivity contribution in [2.24, 2.45) is 0 Å². The van der Waals surface area contributed by atoms with Gasteiger partial charge in [-0.3, -0.25) is 5.10 Å². The molecule has 1 aliphatic heterocycles. The Morgan fingerprint density at radius 3 is 3.56 bits per heavy atom. The maximum Gasteiger partial charge on any atom is 0.0885 e. The first kappa shape index (κ1) is 4.99. The normalized spacial score (nSPS) is 17.3. The lowest BCUT2D eigenvalue weighted by atomic mass is 10.2. The Balaban J connectivity index is 2.39. The predicted molar refractivity (Wildman–Crippen MR) is 31.9 cm³/mol. The summed E-state index contributed by atoms with van der Waals surface area (Å²) >= 11 is 0. The molecule has 0 unspecified atom stereocenters. The van der Waals surface area contributed by atoms with Crippen LogP contribution in [0.5, 0.6) is 0 Å². The number of hydrogen-bond donors (Lipinski definition) is 1. The summed E-state index contributed by atoms with van der Waals surface area (Å²) in [5.74, 6) is 0. The monoisotopic (exact) mass is 124 g/mol. The van der Waals surface area contributed by atoms with Crippen LogP contribution in [0.3, 0.4) is 0 Å². The Morgan fingerprint density at radius 2 is 2.67 bits per heavy atom. The number of fused-ring (bicyclic) bond motifs is 1. The summed E-state index contributed by atoms with van der Waals surface area (Å²) in [4.78, 5) is 0. The second-order valence-corrected chi connectivity index (χ2v) is 2.18. The summed E-state index contributed by atoms with van der Waals surface area (Å²) in [5.41, 5.74) is 2.45. The zero-order chi connectivity index (χ0) is 6.10. The molecule has 0 amide bonds. The summed E-state index contributed by atoms with van der Waals surface area (Å²) < 4.78 is 5.18. The molecule has 2 rings (SSSR count). The number of hydrogen-bond acceptors (Lipinski definition) is 2. The molecule has 0 radical (unpaired) electrons. The topological polar surface area (TPSA) is 37.9 Å². The molecule has 9 heavy (non-hydrogen) atoms. The van der Waals surface area contributed by atoms with Crippen LogP contribution < -0.4 is 0 Å². The fourth-order valence-electron chi connectivity index (χ4n) is 1.03. The van der Waals surface area contributed by atoms with E-state index >= 15 is 0 Å². The van der Waals surface area contributed by atoms with Crippen LogP contribution >= 0.6 is 0 Å². The third kappa shape index (κ3) is 0.733. The van der Waals surface area contributed by atoms with Crippen LogP contribution in [-0.4, -0.2) is 16.8 Å². The molecule has 0 atom stereocenters. The van der Waals surface area contributed by atoms with Crippen LogP contribution in [0.25, 0.3) is 0 Å². The molecule has 0 saturated heterocycles. The molecule has 48 valence electrons. The van der Waals surface area contributed by atoms with E-state index in [1.54, 1.807) is 0 Å². The van der Waals surface area contributed by atoms with Crippen molar-refractivity contribution in [3.05, 3.63) is 17.5 Å². The average Bonchev–Trinajstić information content (AvgIpc) is 2.33. The molecule has 0 saturated carbocycles. The van der Waals surface area contributed by atoms with Crippen LogP contribution in [0.4, 0.5) is 0 Å². The first-order valence-corrected chi connectivity index (χ1v) is 3.05. The smallest absolute Gasteiger partial charge is 0.0885 e. The van der Waals surface area contributed by atoms with Gasteiger partial charge in [0.2, 0.25) is 0 Å². The van der Waals surface area contributed by atoms with Crippen molar-refractivity contribution in [3.63, 3.8) is 0 Å². The summed E-state index contributed by atoms with van der Waals surface area (Å²) in [6.45, 7) is 1.54. The highest BCUT2D eigenvalue weighted by Crippen LogP contribution is 2.11. The van der Waals surface area contributed by atoms with Crippen LogP contribution in [0.15, 0.2) is 6.20 Å². The van der Waals surface area contributed by atoms with E-state index in [2.05, 4.69) is 10.2 Å². The third-order valence-corrected chi connectivity index (χ3v) is 1.57. The van der Waals surface area contributed by atoms with E-state index in [9.17, 15) is 0 Å². The zero-order valence-electron chi connectivity index (χ0n) is 5.05. The maximum absolute atomic E-state index is 5.18. The maximum atomic E-state index is 5.18. The number of aromatic amines is 1. The molecule has 0 spiro atoms. The van der Waals surface area contributed by atoms with E-state index in [-0.39, 0.29) is 0 Å². The molecule has 3 nitrogen and oxygen atoms in total. The minimum Gasteiger partial charge on any atom is -0.375 e. The lowest BCUT2D eigenvalue weighted by molar-refractivity contribution is 0.108. The van der Waals surface area contributed by atoms with Crippen molar-refractivity contribution < 1.29 is 4.74 Å². The second kappa shape index (κ2) is 1.84. The third-order valence-electron chi connectivity index (χ3n) is 1.57. The van der Waals surface area contributed by atoms with Crippen molar-refractivity contribution in [1.29, 1.82) is 0 Å². The van der Waals surface area contributed by atoms with Crippen molar-refractivity contribution in [3.8, 4) is 0 Å². The van der Waals surface area contributed by atoms with Crippen molar-refractivity contribution in [1.82, 2.24) is 10.2 Å². The van der Waals surface area contributed by atoms with Crippen molar-refractivity contribution in [2.75, 3.05) is 6.61 Å². The molecule has 2 heterocycles. The van der Waals surface area contributed by atoms with Gasteiger partial charge in [-0.25, -0.2) is 0 Å². The minimum atomic E-state index is 0.704. The largest absolute Gasteiger partial charge is 0.375 e. The van der Waals surface area contributed by atoms with Gasteiger partial charge in [-0.15, -0.1) is 0 Å². The number of aromatic nitrogens is 2. The molecule has 0 aromatic carbocycles. The van der Waals surface area contributed by atoms with E-state index in [1.165, 1.54) is 5.56 Å². The van der Waals surface area contributed by atoms with Crippen LogP contribution in [0.1, 0.15) is 11.3 Å². The lowest BCUT2D eigenvalue weighted by Gasteiger charge is -2.09. The highest BCUT2D eigenvalue weighted by atomic mass is 16.5. The molecular weight excluding hydrogens is 116 g/mol. The summed E-state index contributed by atoms with van der Waals surface area (Å²) in [5, 5.41) is 6.78. The number of ether oxygens (including phenoxy) is 1. The molecule has 1 aliphatic rings. The average molecular weight is 124 g/mol. The quantitative estimate of drug-likeness (QED) is 0.546. The van der Waals surface area contributed by atoms with Gasteiger partial charge in [0.15, 0.2) is 0 Å². The van der Waals surface area contributed by atoms with E-state index in [1.807, 2.05) is 6.20 Å². The van der Waals surface area contributed by atoms with Gasteiger partial charge in [0.25, 0.3) is 0 Å². The second-order valence-electron chi connectivity index (χ2n) is 2.18. The van der Waals surface area contributed by atoms with E-state index in [4.69, 9.17) is 4.74 Å². The number of rotatable bonds is 0. The lowest BCUT2D eigenvalue weighted by Crippen LogP contribution is -2.07. The molecule has 1 N–H and O–H groups in total. The first-order valence-electron chi connectivity index (χ1n) is 3.05. The Kier molecular flexibility index (Phi) is 1.02. The Labute approximate surface area is 53.0 Å². The van der Waals surface area contributed by atoms with E-state index in [0.29, 0.717) is 6.61 Å². The standard InChI is InChI=1S/C6H8N2O/c1-2-9-4-6-5(1)3-7-8-6/h3H,1-2,4H2,(H,7,8). The Hall–Kier alpha value is -0.830. The van der Waals surface area contributed by atoms with Crippen molar-refractivity contribution >= 4 is 0 Å². The molecule has 3 heteroatoms. The molecular formula is C6H8N2O. The predicted octanol–water partition coefficient (Wildman–Crippen LogP) is 0.482. The van der Waals surface area contributed by atoms with Gasteiger partial charge >= 0.3 is 0 Å². The highest BCUT2D eigenvalue weighted by Gasteiger charge is 2.09. The summed E-state index contributed by atoms with van der Waals surface area (Å²) in [7, 11) is 0. The molecule has 0 aliphatic carbocycles. The van der Waals surface area contributed by atoms with E-state index < -0.39 is 0 Å². The SMILES string of the molecule is c1n[nH]c2c1CCOC2. The number of nitrogens with one attached hydrogen (secondary N) is 1. The summed E-state index contributed by atoms with van der Waals surface area (Å²) in [6, 6.07) is 0.